The van der Waals surface area contributed by atoms with Gasteiger partial charge in [-0.1, -0.05) is 30.3 Å². The van der Waals surface area contributed by atoms with Crippen molar-refractivity contribution in [2.75, 3.05) is 0 Å². The summed E-state index contributed by atoms with van der Waals surface area (Å²) in [5, 5.41) is 8.63. The van der Waals surface area contributed by atoms with Gasteiger partial charge >= 0.3 is 0 Å². The average molecular weight is 179 g/mol. The van der Waals surface area contributed by atoms with Crippen LogP contribution in [0.1, 0.15) is 11.6 Å². The molecule has 1 fully saturated rings. The van der Waals surface area contributed by atoms with Gasteiger partial charge in [0.1, 0.15) is 6.04 Å². The first-order valence-electron chi connectivity index (χ1n) is 3.73. The molecule has 12 heavy (non-hydrogen) atoms. The Morgan fingerprint density at radius 3 is 2.50 bits per heavy atom. The molecule has 0 bridgehead atoms. The molecule has 0 saturated carbocycles. The van der Waals surface area contributed by atoms with Crippen molar-refractivity contribution in [3.63, 3.8) is 0 Å². The van der Waals surface area contributed by atoms with Crippen molar-refractivity contribution in [1.29, 1.82) is 5.26 Å². The van der Waals surface area contributed by atoms with E-state index in [2.05, 4.69) is 6.07 Å². The summed E-state index contributed by atoms with van der Waals surface area (Å²) in [7, 11) is 0. The highest BCUT2D eigenvalue weighted by molar-refractivity contribution is 6.15. The Morgan fingerprint density at radius 1 is 1.33 bits per heavy atom. The quantitative estimate of drug-likeness (QED) is 0.486. The third kappa shape index (κ3) is 1.08. The monoisotopic (exact) mass is 178 g/mol. The maximum Gasteiger partial charge on any atom is 0.133 e. The Kier molecular flexibility index (Phi) is 1.76. The fourth-order valence-electron chi connectivity index (χ4n) is 1.31. The predicted octanol–water partition coefficient (Wildman–Crippen LogP) is 2.09. The van der Waals surface area contributed by atoms with E-state index in [9.17, 15) is 0 Å². The molecule has 0 radical (unpaired) electrons. The number of halogens is 1. The van der Waals surface area contributed by atoms with Gasteiger partial charge in [0.15, 0.2) is 0 Å². The first-order chi connectivity index (χ1) is 5.84. The van der Waals surface area contributed by atoms with E-state index >= 15 is 0 Å². The van der Waals surface area contributed by atoms with Gasteiger partial charge < -0.3 is 0 Å². The fourth-order valence-corrected chi connectivity index (χ4v) is 1.62. The van der Waals surface area contributed by atoms with Crippen LogP contribution in [0, 0.1) is 11.3 Å². The van der Waals surface area contributed by atoms with Gasteiger partial charge in [-0.15, -0.1) is 0 Å². The van der Waals surface area contributed by atoms with Crippen molar-refractivity contribution in [3.8, 4) is 6.07 Å². The topological polar surface area (TPSA) is 26.8 Å². The largest absolute Gasteiger partial charge is 0.196 e. The molecule has 1 aliphatic heterocycles. The second-order valence-electron chi connectivity index (χ2n) is 2.77. The smallest absolute Gasteiger partial charge is 0.133 e. The molecule has 1 heterocycles. The van der Waals surface area contributed by atoms with E-state index in [0.717, 1.165) is 5.56 Å². The third-order valence-electron chi connectivity index (χ3n) is 2.01. The van der Waals surface area contributed by atoms with Crippen LogP contribution in [0.3, 0.4) is 0 Å². The Balaban J connectivity index is 2.21. The number of rotatable bonds is 1. The molecular weight excluding hydrogens is 172 g/mol. The zero-order chi connectivity index (χ0) is 8.55. The van der Waals surface area contributed by atoms with Crippen LogP contribution in [0.4, 0.5) is 0 Å². The molecule has 1 saturated heterocycles. The van der Waals surface area contributed by atoms with Gasteiger partial charge in [0, 0.05) is 0 Å². The van der Waals surface area contributed by atoms with E-state index in [-0.39, 0.29) is 12.1 Å². The molecule has 1 aromatic rings. The summed E-state index contributed by atoms with van der Waals surface area (Å²) in [6.07, 6.45) is 0. The van der Waals surface area contributed by atoms with Crippen LogP contribution in [0.25, 0.3) is 0 Å². The summed E-state index contributed by atoms with van der Waals surface area (Å²) in [6.45, 7) is 0. The Hall–Kier alpha value is -1.04. The molecule has 0 spiro atoms. The van der Waals surface area contributed by atoms with Crippen LogP contribution in [0.5, 0.6) is 0 Å². The van der Waals surface area contributed by atoms with Gasteiger partial charge in [0.05, 0.1) is 12.1 Å². The van der Waals surface area contributed by atoms with Crippen LogP contribution in [0.2, 0.25) is 0 Å². The Morgan fingerprint density at radius 2 is 2.00 bits per heavy atom. The lowest BCUT2D eigenvalue weighted by molar-refractivity contribution is 0.805. The standard InChI is InChI=1S/C9H7ClN2/c10-12-8(6-11)9(12)7-4-2-1-3-5-7/h1-5,8-9H/t8-,9-,12?/m0/s1. The van der Waals surface area contributed by atoms with Crippen molar-refractivity contribution in [2.45, 2.75) is 12.1 Å². The summed E-state index contributed by atoms with van der Waals surface area (Å²) in [6, 6.07) is 11.9. The molecule has 3 atom stereocenters. The summed E-state index contributed by atoms with van der Waals surface area (Å²) in [5.41, 5.74) is 1.11. The van der Waals surface area contributed by atoms with E-state index in [0.29, 0.717) is 0 Å². The van der Waals surface area contributed by atoms with Crippen molar-refractivity contribution in [2.24, 2.45) is 0 Å². The highest BCUT2D eigenvalue weighted by atomic mass is 35.5. The maximum atomic E-state index is 8.63. The summed E-state index contributed by atoms with van der Waals surface area (Å²) in [5.74, 6) is 0. The third-order valence-corrected chi connectivity index (χ3v) is 2.43. The van der Waals surface area contributed by atoms with Gasteiger partial charge in [-0.05, 0) is 17.3 Å². The first kappa shape index (κ1) is 7.60. The fraction of sp³-hybridized carbons (Fsp3) is 0.222. The molecule has 60 valence electrons. The number of nitriles is 1. The molecule has 2 rings (SSSR count). The van der Waals surface area contributed by atoms with Crippen LogP contribution >= 0.6 is 11.8 Å². The number of hydrogen-bond acceptors (Lipinski definition) is 2. The minimum Gasteiger partial charge on any atom is -0.196 e. The highest BCUT2D eigenvalue weighted by Gasteiger charge is 2.48. The van der Waals surface area contributed by atoms with Gasteiger partial charge in [0.2, 0.25) is 0 Å². The van der Waals surface area contributed by atoms with Gasteiger partial charge in [-0.25, -0.2) is 0 Å². The maximum absolute atomic E-state index is 8.63. The van der Waals surface area contributed by atoms with Crippen LogP contribution in [-0.4, -0.2) is 10.5 Å². The lowest BCUT2D eigenvalue weighted by Gasteiger charge is -1.93. The minimum atomic E-state index is -0.144. The molecule has 0 amide bonds. The van der Waals surface area contributed by atoms with Crippen molar-refractivity contribution < 1.29 is 0 Å². The van der Waals surface area contributed by atoms with Gasteiger partial charge in [0.25, 0.3) is 0 Å². The van der Waals surface area contributed by atoms with E-state index in [1.165, 1.54) is 4.42 Å². The van der Waals surface area contributed by atoms with E-state index < -0.39 is 0 Å². The van der Waals surface area contributed by atoms with Crippen LogP contribution < -0.4 is 0 Å². The molecule has 3 heteroatoms. The predicted molar refractivity (Wildman–Crippen MR) is 46.3 cm³/mol. The number of hydrogen-bond donors (Lipinski definition) is 0. The molecule has 0 aliphatic carbocycles. The van der Waals surface area contributed by atoms with Crippen LogP contribution in [-0.2, 0) is 0 Å². The molecule has 1 unspecified atom stereocenters. The number of nitrogens with zero attached hydrogens (tertiary/aromatic N) is 2. The van der Waals surface area contributed by atoms with Crippen molar-refractivity contribution in [1.82, 2.24) is 4.42 Å². The zero-order valence-corrected chi connectivity index (χ0v) is 7.07. The minimum absolute atomic E-state index is 0.0952. The normalized spacial score (nSPS) is 32.5. The molecule has 1 aromatic carbocycles. The molecule has 0 N–H and O–H groups in total. The lowest BCUT2D eigenvalue weighted by Crippen LogP contribution is -1.82. The second kappa shape index (κ2) is 2.78. The summed E-state index contributed by atoms with van der Waals surface area (Å²) in [4.78, 5) is 0. The van der Waals surface area contributed by atoms with Crippen LogP contribution in [0.15, 0.2) is 30.3 Å². The second-order valence-corrected chi connectivity index (χ2v) is 3.16. The zero-order valence-electron chi connectivity index (χ0n) is 6.31. The Bertz CT molecular complexity index is 317. The van der Waals surface area contributed by atoms with Crippen molar-refractivity contribution in [3.05, 3.63) is 35.9 Å². The van der Waals surface area contributed by atoms with Gasteiger partial charge in [-0.2, -0.15) is 9.68 Å². The summed E-state index contributed by atoms with van der Waals surface area (Å²) >= 11 is 5.76. The van der Waals surface area contributed by atoms with Crippen molar-refractivity contribution >= 4 is 11.8 Å². The molecule has 2 nitrogen and oxygen atoms in total. The van der Waals surface area contributed by atoms with Gasteiger partial charge in [-0.3, -0.25) is 0 Å². The SMILES string of the molecule is N#C[C@H]1[C@H](c2ccccc2)N1Cl. The molecule has 1 aliphatic rings. The summed E-state index contributed by atoms with van der Waals surface area (Å²) < 4.78 is 1.54. The lowest BCUT2D eigenvalue weighted by atomic mass is 10.1. The Labute approximate surface area is 76.1 Å². The van der Waals surface area contributed by atoms with E-state index in [4.69, 9.17) is 17.0 Å². The number of benzene rings is 1. The van der Waals surface area contributed by atoms with E-state index in [1.54, 1.807) is 0 Å². The molecular formula is C9H7ClN2. The van der Waals surface area contributed by atoms with E-state index in [1.807, 2.05) is 30.3 Å². The molecule has 0 aromatic heterocycles. The first-order valence-corrected chi connectivity index (χ1v) is 4.07. The average Bonchev–Trinajstić information content (AvgIpc) is 2.78. The highest BCUT2D eigenvalue weighted by Crippen LogP contribution is 2.44.